The Kier molecular flexibility index (Phi) is 12.4. The molecule has 8 nitrogen and oxygen atoms in total. The van der Waals surface area contributed by atoms with Crippen LogP contribution in [0.1, 0.15) is 70.8 Å². The Morgan fingerprint density at radius 3 is 2.42 bits per heavy atom. The molecule has 1 aliphatic carbocycles. The molecule has 1 heterocycles. The molecule has 0 bridgehead atoms. The Labute approximate surface area is 309 Å². The van der Waals surface area contributed by atoms with Crippen LogP contribution in [0.5, 0.6) is 0 Å². The maximum absolute atomic E-state index is 13.5. The molecule has 5 rings (SSSR count). The number of thioether (sulfide) groups is 1. The number of esters is 1. The first-order valence-corrected chi connectivity index (χ1v) is 19.0. The molecule has 3 N–H and O–H groups in total. The van der Waals surface area contributed by atoms with Gasteiger partial charge in [-0.2, -0.15) is 0 Å². The zero-order valence-corrected chi connectivity index (χ0v) is 31.7. The van der Waals surface area contributed by atoms with E-state index in [-0.39, 0.29) is 29.4 Å². The van der Waals surface area contributed by atoms with Crippen molar-refractivity contribution in [3.8, 4) is 0 Å². The van der Waals surface area contributed by atoms with Crippen LogP contribution in [0, 0.1) is 11.3 Å². The lowest BCUT2D eigenvalue weighted by Gasteiger charge is -2.33. The quantitative estimate of drug-likeness (QED) is 0.0797. The van der Waals surface area contributed by atoms with Crippen LogP contribution in [0.3, 0.4) is 0 Å². The van der Waals surface area contributed by atoms with Gasteiger partial charge in [-0.15, -0.1) is 23.1 Å². The van der Waals surface area contributed by atoms with Crippen molar-refractivity contribution >= 4 is 79.5 Å². The molecule has 50 heavy (non-hydrogen) atoms. The summed E-state index contributed by atoms with van der Waals surface area (Å²) in [6.45, 7) is 8.76. The van der Waals surface area contributed by atoms with E-state index in [9.17, 15) is 19.2 Å². The lowest BCUT2D eigenvalue weighted by Crippen LogP contribution is -2.30. The molecular weight excluding hydrogens is 734 g/mol. The summed E-state index contributed by atoms with van der Waals surface area (Å²) in [7, 11) is 0. The summed E-state index contributed by atoms with van der Waals surface area (Å²) in [5.74, 6) is -0.981. The van der Waals surface area contributed by atoms with Gasteiger partial charge in [-0.1, -0.05) is 73.1 Å². The number of thiophene rings is 1. The third-order valence-electron chi connectivity index (χ3n) is 8.39. The van der Waals surface area contributed by atoms with Gasteiger partial charge in [0.2, 0.25) is 5.91 Å². The average Bonchev–Trinajstić information content (AvgIpc) is 3.45. The molecule has 0 spiro atoms. The average molecular weight is 775 g/mol. The van der Waals surface area contributed by atoms with Gasteiger partial charge in [0.1, 0.15) is 10.7 Å². The molecule has 0 fully saturated rings. The van der Waals surface area contributed by atoms with Crippen molar-refractivity contribution in [2.24, 2.45) is 11.3 Å². The lowest BCUT2D eigenvalue weighted by atomic mass is 9.72. The Hall–Kier alpha value is -4.19. The monoisotopic (exact) mass is 773 g/mol. The number of hydrogen-bond donors (Lipinski definition) is 3. The molecule has 11 heteroatoms. The van der Waals surface area contributed by atoms with Gasteiger partial charge >= 0.3 is 5.97 Å². The number of halogens is 1. The van der Waals surface area contributed by atoms with E-state index >= 15 is 0 Å². The second-order valence-electron chi connectivity index (χ2n) is 13.0. The van der Waals surface area contributed by atoms with Crippen molar-refractivity contribution in [3.05, 3.63) is 116 Å². The van der Waals surface area contributed by atoms with Crippen molar-refractivity contribution in [2.45, 2.75) is 51.9 Å². The minimum atomic E-state index is -0.501. The number of amides is 3. The number of ether oxygens (including phenoxy) is 1. The summed E-state index contributed by atoms with van der Waals surface area (Å²) in [6, 6.07) is 23.2. The summed E-state index contributed by atoms with van der Waals surface area (Å²) < 4.78 is 6.28. The van der Waals surface area contributed by atoms with E-state index in [1.54, 1.807) is 55.5 Å². The highest BCUT2D eigenvalue weighted by molar-refractivity contribution is 9.10. The van der Waals surface area contributed by atoms with Crippen LogP contribution in [0.25, 0.3) is 6.08 Å². The molecule has 1 aliphatic rings. The topological polar surface area (TPSA) is 114 Å². The molecule has 0 saturated heterocycles. The zero-order chi connectivity index (χ0) is 35.8. The first-order valence-electron chi connectivity index (χ1n) is 16.4. The maximum atomic E-state index is 13.5. The van der Waals surface area contributed by atoms with E-state index in [4.69, 9.17) is 4.74 Å². The van der Waals surface area contributed by atoms with Gasteiger partial charge < -0.3 is 20.7 Å². The van der Waals surface area contributed by atoms with Crippen molar-refractivity contribution in [3.63, 3.8) is 0 Å². The molecule has 1 unspecified atom stereocenters. The molecule has 1 atom stereocenters. The van der Waals surface area contributed by atoms with Crippen LogP contribution in [-0.4, -0.2) is 36.1 Å². The van der Waals surface area contributed by atoms with Crippen molar-refractivity contribution < 1.29 is 23.9 Å². The van der Waals surface area contributed by atoms with Crippen molar-refractivity contribution in [1.29, 1.82) is 0 Å². The Balaban J connectivity index is 1.27. The van der Waals surface area contributed by atoms with Gasteiger partial charge in [0.05, 0.1) is 17.9 Å². The van der Waals surface area contributed by atoms with E-state index in [0.717, 1.165) is 44.6 Å². The van der Waals surface area contributed by atoms with Crippen LogP contribution in [0.15, 0.2) is 93.9 Å². The van der Waals surface area contributed by atoms with E-state index in [1.807, 2.05) is 36.4 Å². The van der Waals surface area contributed by atoms with Gasteiger partial charge in [-0.25, -0.2) is 4.79 Å². The summed E-state index contributed by atoms with van der Waals surface area (Å²) in [5, 5.41) is 9.16. The fraction of sp³-hybridized carbons (Fsp3) is 0.282. The highest BCUT2D eigenvalue weighted by Gasteiger charge is 2.34. The second-order valence-corrected chi connectivity index (χ2v) is 16.1. The summed E-state index contributed by atoms with van der Waals surface area (Å²) >= 11 is 6.20. The largest absolute Gasteiger partial charge is 0.462 e. The van der Waals surface area contributed by atoms with Gasteiger partial charge in [0.15, 0.2) is 0 Å². The van der Waals surface area contributed by atoms with Gasteiger partial charge in [0, 0.05) is 25.5 Å². The smallest absolute Gasteiger partial charge is 0.341 e. The Morgan fingerprint density at radius 1 is 0.980 bits per heavy atom. The highest BCUT2D eigenvalue weighted by atomic mass is 79.9. The number of carbonyl (C=O) groups is 4. The van der Waals surface area contributed by atoms with Crippen molar-refractivity contribution in [1.82, 2.24) is 5.32 Å². The third kappa shape index (κ3) is 9.74. The number of anilines is 2. The molecule has 0 radical (unpaired) electrons. The van der Waals surface area contributed by atoms with Gasteiger partial charge in [-0.05, 0) is 97.2 Å². The van der Waals surface area contributed by atoms with Crippen LogP contribution in [-0.2, 0) is 27.2 Å². The third-order valence-corrected chi connectivity index (χ3v) is 11.1. The van der Waals surface area contributed by atoms with E-state index < -0.39 is 17.8 Å². The van der Waals surface area contributed by atoms with Gasteiger partial charge in [0.25, 0.3) is 11.8 Å². The molecule has 0 aliphatic heterocycles. The molecule has 4 aromatic rings. The lowest BCUT2D eigenvalue weighted by molar-refractivity contribution is -0.114. The maximum Gasteiger partial charge on any atom is 0.341 e. The predicted octanol–water partition coefficient (Wildman–Crippen LogP) is 8.98. The first kappa shape index (κ1) is 37.1. The predicted molar refractivity (Wildman–Crippen MR) is 206 cm³/mol. The van der Waals surface area contributed by atoms with E-state index in [2.05, 4.69) is 52.7 Å². The number of fused-ring (bicyclic) bond motifs is 1. The number of nitrogens with one attached hydrogen (secondary N) is 3. The summed E-state index contributed by atoms with van der Waals surface area (Å²) in [4.78, 5) is 54.6. The molecule has 0 saturated carbocycles. The number of carbonyl (C=O) groups excluding carboxylic acids is 4. The molecule has 3 amide bonds. The van der Waals surface area contributed by atoms with Crippen LogP contribution in [0.2, 0.25) is 0 Å². The highest BCUT2D eigenvalue weighted by Crippen LogP contribution is 2.44. The SMILES string of the molecule is CCOC(=O)c1c(NC(=O)CSc2cccc(NC(=O)/C(=C\c3ccc(Br)cc3)NC(=O)c3ccccc3)c2)sc2c1CCC(C(C)(C)C)C2. The number of hydrogen-bond acceptors (Lipinski definition) is 7. The van der Waals surface area contributed by atoms with Crippen LogP contribution in [0.4, 0.5) is 10.7 Å². The summed E-state index contributed by atoms with van der Waals surface area (Å²) in [6.07, 6.45) is 4.24. The zero-order valence-electron chi connectivity index (χ0n) is 28.4. The van der Waals surface area contributed by atoms with Crippen LogP contribution < -0.4 is 16.0 Å². The molecule has 260 valence electrons. The van der Waals surface area contributed by atoms with E-state index in [1.165, 1.54) is 23.1 Å². The fourth-order valence-corrected chi connectivity index (χ4v) is 8.03. The first-order chi connectivity index (χ1) is 23.9. The fourth-order valence-electron chi connectivity index (χ4n) is 5.67. The number of rotatable bonds is 11. The van der Waals surface area contributed by atoms with E-state index in [0.29, 0.717) is 27.7 Å². The number of benzene rings is 3. The summed E-state index contributed by atoms with van der Waals surface area (Å²) in [5.41, 5.74) is 3.34. The minimum absolute atomic E-state index is 0.0727. The normalized spacial score (nSPS) is 14.3. The molecule has 3 aromatic carbocycles. The van der Waals surface area contributed by atoms with Crippen LogP contribution >= 0.6 is 39.0 Å². The minimum Gasteiger partial charge on any atom is -0.462 e. The standard InChI is InChI=1S/C39H40BrN3O5S2/c1-5-48-38(47)34-30-19-16-26(39(2,3)4)21-32(30)50-37(34)43-33(44)23-49-29-13-9-12-28(22-29)41-36(46)31(20-24-14-17-27(40)18-15-24)42-35(45)25-10-7-6-8-11-25/h6-15,17-18,20,22,26H,5,16,19,21,23H2,1-4H3,(H,41,46)(H,42,45)(H,43,44)/b31-20+. The Bertz CT molecular complexity index is 1900. The molecule has 1 aromatic heterocycles. The Morgan fingerprint density at radius 2 is 1.72 bits per heavy atom. The van der Waals surface area contributed by atoms with Crippen molar-refractivity contribution in [2.75, 3.05) is 23.0 Å². The molecular formula is C39H40BrN3O5S2. The second kappa shape index (κ2) is 16.7. The van der Waals surface area contributed by atoms with Gasteiger partial charge in [-0.3, -0.25) is 14.4 Å².